The van der Waals surface area contributed by atoms with Crippen LogP contribution in [0, 0.1) is 5.92 Å². The zero-order valence-electron chi connectivity index (χ0n) is 27.3. The molecule has 1 N–H and O–H groups in total. The molecular weight excluding hydrogens is 670 g/mol. The molecule has 48 heavy (non-hydrogen) atoms. The summed E-state index contributed by atoms with van der Waals surface area (Å²) in [5.74, 6) is 0.743. The van der Waals surface area contributed by atoms with E-state index < -0.39 is 17.7 Å². The van der Waals surface area contributed by atoms with Gasteiger partial charge >= 0.3 is 5.91 Å². The van der Waals surface area contributed by atoms with Gasteiger partial charge in [0.1, 0.15) is 11.5 Å². The number of ether oxygens (including phenoxy) is 3. The van der Waals surface area contributed by atoms with Gasteiger partial charge in [0, 0.05) is 16.3 Å². The molecule has 0 bridgehead atoms. The first kappa shape index (κ1) is 35.3. The van der Waals surface area contributed by atoms with Crippen molar-refractivity contribution in [1.29, 1.82) is 0 Å². The lowest BCUT2D eigenvalue weighted by molar-refractivity contribution is -0.132. The van der Waals surface area contributed by atoms with Crippen molar-refractivity contribution in [3.8, 4) is 17.2 Å². The number of amides is 1. The van der Waals surface area contributed by atoms with E-state index >= 15 is 0 Å². The highest BCUT2D eigenvalue weighted by atomic mass is 35.5. The van der Waals surface area contributed by atoms with Crippen LogP contribution in [0.4, 0.5) is 5.13 Å². The lowest BCUT2D eigenvalue weighted by Crippen LogP contribution is -2.29. The van der Waals surface area contributed by atoms with Gasteiger partial charge in [0.15, 0.2) is 15.8 Å². The Morgan fingerprint density at radius 2 is 1.75 bits per heavy atom. The number of unbranched alkanes of at least 4 members (excludes halogenated alkanes) is 1. The number of carbonyl (C=O) groups is 2. The van der Waals surface area contributed by atoms with Crippen molar-refractivity contribution in [3.63, 3.8) is 0 Å². The molecule has 1 aromatic heterocycles. The van der Waals surface area contributed by atoms with E-state index in [0.717, 1.165) is 24.8 Å². The average Bonchev–Trinajstić information content (AvgIpc) is 3.66. The highest BCUT2D eigenvalue weighted by molar-refractivity contribution is 8.00. The lowest BCUT2D eigenvalue weighted by Gasteiger charge is -2.23. The standard InChI is InChI=1S/C36H38ClN3O6S2/c1-5-6-18-45-27-14-9-24(10-15-27)32(41)30-31(25-11-16-28(29(20-25)44-4)46-19-17-22(2)3)40(34(43)33(30)42)35-38-39-36(48-35)47-21-23-7-12-26(37)13-8-23/h7-16,20,22,31,41H,5-6,17-19,21H2,1-4H3. The summed E-state index contributed by atoms with van der Waals surface area (Å²) in [6.07, 6.45) is 2.79. The molecular formula is C36H38ClN3O6S2. The number of rotatable bonds is 15. The summed E-state index contributed by atoms with van der Waals surface area (Å²) < 4.78 is 18.1. The lowest BCUT2D eigenvalue weighted by atomic mass is 9.95. The molecule has 1 amide bonds. The summed E-state index contributed by atoms with van der Waals surface area (Å²) in [5, 5.41) is 21.1. The van der Waals surface area contributed by atoms with E-state index in [4.69, 9.17) is 25.8 Å². The number of nitrogens with zero attached hydrogens (tertiary/aromatic N) is 3. The molecule has 1 atom stereocenters. The van der Waals surface area contributed by atoms with Crippen molar-refractivity contribution in [1.82, 2.24) is 10.2 Å². The first-order valence-corrected chi connectivity index (χ1v) is 17.9. The van der Waals surface area contributed by atoms with Crippen molar-refractivity contribution in [3.05, 3.63) is 94.0 Å². The van der Waals surface area contributed by atoms with Crippen LogP contribution in [0.5, 0.6) is 17.2 Å². The molecule has 1 fully saturated rings. The largest absolute Gasteiger partial charge is 0.507 e. The first-order valence-electron chi connectivity index (χ1n) is 15.8. The molecule has 1 aliphatic rings. The number of hydrogen-bond donors (Lipinski definition) is 1. The van der Waals surface area contributed by atoms with Gasteiger partial charge in [-0.3, -0.25) is 14.5 Å². The fraction of sp³-hybridized carbons (Fsp3) is 0.333. The fourth-order valence-corrected chi connectivity index (χ4v) is 6.96. The summed E-state index contributed by atoms with van der Waals surface area (Å²) in [4.78, 5) is 28.8. The molecule has 2 heterocycles. The number of thioether (sulfide) groups is 1. The van der Waals surface area contributed by atoms with Crippen molar-refractivity contribution < 1.29 is 28.9 Å². The van der Waals surface area contributed by atoms with Gasteiger partial charge in [-0.05, 0) is 78.4 Å². The molecule has 252 valence electrons. The van der Waals surface area contributed by atoms with Crippen LogP contribution in [0.25, 0.3) is 5.76 Å². The molecule has 12 heteroatoms. The molecule has 0 aliphatic carbocycles. The SMILES string of the molecule is CCCCOc1ccc(C(O)=C2C(=O)C(=O)N(c3nnc(SCc4ccc(Cl)cc4)s3)C2c2ccc(OCCC(C)C)c(OC)c2)cc1. The molecule has 5 rings (SSSR count). The second kappa shape index (κ2) is 16.4. The monoisotopic (exact) mass is 707 g/mol. The third-order valence-electron chi connectivity index (χ3n) is 7.67. The Kier molecular flexibility index (Phi) is 12.0. The van der Waals surface area contributed by atoms with Crippen molar-refractivity contribution in [2.24, 2.45) is 5.92 Å². The Bertz CT molecular complexity index is 1760. The van der Waals surface area contributed by atoms with E-state index in [-0.39, 0.29) is 16.5 Å². The van der Waals surface area contributed by atoms with Crippen LogP contribution in [-0.4, -0.2) is 47.3 Å². The Labute approximate surface area is 293 Å². The van der Waals surface area contributed by atoms with Crippen molar-refractivity contribution >= 4 is 57.3 Å². The summed E-state index contributed by atoms with van der Waals surface area (Å²) in [6.45, 7) is 7.41. The number of benzene rings is 3. The van der Waals surface area contributed by atoms with Crippen LogP contribution in [-0.2, 0) is 15.3 Å². The Balaban J connectivity index is 1.52. The number of methoxy groups -OCH3 is 1. The van der Waals surface area contributed by atoms with Crippen LogP contribution < -0.4 is 19.1 Å². The number of halogens is 1. The van der Waals surface area contributed by atoms with Crippen LogP contribution >= 0.6 is 34.7 Å². The summed E-state index contributed by atoms with van der Waals surface area (Å²) >= 11 is 8.68. The molecule has 0 spiro atoms. The van der Waals surface area contributed by atoms with Crippen LogP contribution in [0.3, 0.4) is 0 Å². The molecule has 0 radical (unpaired) electrons. The third-order valence-corrected chi connectivity index (χ3v) is 10.1. The molecule has 1 saturated heterocycles. The molecule has 9 nitrogen and oxygen atoms in total. The minimum atomic E-state index is -1.01. The van der Waals surface area contributed by atoms with Crippen LogP contribution in [0.15, 0.2) is 76.6 Å². The maximum Gasteiger partial charge on any atom is 0.301 e. The number of hydrogen-bond acceptors (Lipinski definition) is 10. The minimum absolute atomic E-state index is 0.0688. The maximum atomic E-state index is 13.8. The number of Topliss-reactive ketones (excluding diaryl/α,β-unsaturated/α-hetero) is 1. The third kappa shape index (κ3) is 8.32. The Morgan fingerprint density at radius 1 is 1.00 bits per heavy atom. The highest BCUT2D eigenvalue weighted by Crippen LogP contribution is 2.45. The van der Waals surface area contributed by atoms with Gasteiger partial charge < -0.3 is 19.3 Å². The number of carbonyl (C=O) groups excluding carboxylic acids is 2. The molecule has 0 saturated carbocycles. The van der Waals surface area contributed by atoms with Gasteiger partial charge in [0.2, 0.25) is 5.13 Å². The predicted molar refractivity (Wildman–Crippen MR) is 190 cm³/mol. The summed E-state index contributed by atoms with van der Waals surface area (Å²) in [7, 11) is 1.53. The zero-order valence-corrected chi connectivity index (χ0v) is 29.7. The van der Waals surface area contributed by atoms with Gasteiger partial charge in [0.05, 0.1) is 31.9 Å². The topological polar surface area (TPSA) is 111 Å². The van der Waals surface area contributed by atoms with E-state index in [0.29, 0.717) is 62.6 Å². The first-order chi connectivity index (χ1) is 23.2. The number of aromatic nitrogens is 2. The van der Waals surface area contributed by atoms with Gasteiger partial charge in [-0.25, -0.2) is 0 Å². The van der Waals surface area contributed by atoms with E-state index in [1.807, 2.05) is 24.3 Å². The fourth-order valence-electron chi connectivity index (χ4n) is 5.01. The normalized spacial score (nSPS) is 15.7. The summed E-state index contributed by atoms with van der Waals surface area (Å²) in [5.41, 5.74) is 1.89. The Hall–Kier alpha value is -4.06. The number of aliphatic hydroxyl groups is 1. The number of anilines is 1. The smallest absolute Gasteiger partial charge is 0.301 e. The van der Waals surface area contributed by atoms with E-state index in [2.05, 4.69) is 31.0 Å². The average molecular weight is 708 g/mol. The quantitative estimate of drug-likeness (QED) is 0.0324. The number of ketones is 1. The second-order valence-corrected chi connectivity index (χ2v) is 14.2. The minimum Gasteiger partial charge on any atom is -0.507 e. The van der Waals surface area contributed by atoms with Crippen LogP contribution in [0.1, 0.15) is 62.8 Å². The van der Waals surface area contributed by atoms with Gasteiger partial charge in [-0.1, -0.05) is 80.1 Å². The second-order valence-electron chi connectivity index (χ2n) is 11.6. The molecule has 1 unspecified atom stereocenters. The summed E-state index contributed by atoms with van der Waals surface area (Å²) in [6, 6.07) is 18.6. The molecule has 3 aromatic carbocycles. The van der Waals surface area contributed by atoms with E-state index in [1.165, 1.54) is 35.1 Å². The van der Waals surface area contributed by atoms with E-state index in [1.54, 1.807) is 42.5 Å². The zero-order chi connectivity index (χ0) is 34.2. The number of aliphatic hydroxyl groups excluding tert-OH is 1. The van der Waals surface area contributed by atoms with Crippen LogP contribution in [0.2, 0.25) is 5.02 Å². The maximum absolute atomic E-state index is 13.8. The predicted octanol–water partition coefficient (Wildman–Crippen LogP) is 8.72. The Morgan fingerprint density at radius 3 is 2.44 bits per heavy atom. The van der Waals surface area contributed by atoms with E-state index in [9.17, 15) is 14.7 Å². The van der Waals surface area contributed by atoms with Gasteiger partial charge in [-0.15, -0.1) is 10.2 Å². The van der Waals surface area contributed by atoms with Gasteiger partial charge in [-0.2, -0.15) is 0 Å². The highest BCUT2D eigenvalue weighted by Gasteiger charge is 2.48. The van der Waals surface area contributed by atoms with Gasteiger partial charge in [0.25, 0.3) is 5.78 Å². The van der Waals surface area contributed by atoms with Crippen molar-refractivity contribution in [2.45, 2.75) is 56.2 Å². The molecule has 1 aliphatic heterocycles. The molecule has 4 aromatic rings. The van der Waals surface area contributed by atoms with Crippen molar-refractivity contribution in [2.75, 3.05) is 25.2 Å².